The van der Waals surface area contributed by atoms with Gasteiger partial charge in [-0.25, -0.2) is 0 Å². The lowest BCUT2D eigenvalue weighted by Crippen LogP contribution is -2.10. The molecule has 0 aliphatic heterocycles. The molecule has 17 heavy (non-hydrogen) atoms. The predicted octanol–water partition coefficient (Wildman–Crippen LogP) is 3.18. The lowest BCUT2D eigenvalue weighted by atomic mass is 10.3. The van der Waals surface area contributed by atoms with Gasteiger partial charge in [0.05, 0.1) is 39.3 Å². The molecule has 0 atom stereocenters. The number of aryl methyl sites for hydroxylation is 2. The Labute approximate surface area is 114 Å². The Hall–Kier alpha value is -0.810. The van der Waals surface area contributed by atoms with E-state index in [0.717, 1.165) is 28.1 Å². The first-order valence-electron chi connectivity index (χ1n) is 5.44. The molecule has 0 aromatic carbocycles. The lowest BCUT2D eigenvalue weighted by Gasteiger charge is -2.07. The minimum atomic E-state index is 0.674. The Balaban J connectivity index is 2.39. The topological polar surface area (TPSA) is 35.6 Å². The summed E-state index contributed by atoms with van der Waals surface area (Å²) in [6.07, 6.45) is 1.67. The smallest absolute Gasteiger partial charge is 0.0843 e. The molecule has 2 heterocycles. The van der Waals surface area contributed by atoms with Crippen LogP contribution in [0.2, 0.25) is 5.02 Å². The average Bonchev–Trinajstić information content (AvgIpc) is 2.76. The second kappa shape index (κ2) is 4.82. The molecule has 2 aromatic rings. The molecule has 0 amide bonds. The SMILES string of the molecule is CCn1nc(C)c(Br)c1Cn1ncc(Cl)c1C. The fraction of sp³-hybridized carbons (Fsp3) is 0.455. The number of halogens is 2. The molecule has 0 spiro atoms. The van der Waals surface area contributed by atoms with Gasteiger partial charge in [-0.1, -0.05) is 11.6 Å². The molecule has 2 rings (SSSR count). The zero-order valence-corrected chi connectivity index (χ0v) is 12.4. The summed E-state index contributed by atoms with van der Waals surface area (Å²) >= 11 is 9.57. The van der Waals surface area contributed by atoms with Crippen molar-refractivity contribution in [1.82, 2.24) is 19.6 Å². The van der Waals surface area contributed by atoms with Crippen molar-refractivity contribution in [2.75, 3.05) is 0 Å². The molecule has 0 radical (unpaired) electrons. The van der Waals surface area contributed by atoms with Crippen molar-refractivity contribution in [3.63, 3.8) is 0 Å². The highest BCUT2D eigenvalue weighted by molar-refractivity contribution is 9.10. The van der Waals surface area contributed by atoms with Crippen LogP contribution in [0.25, 0.3) is 0 Å². The van der Waals surface area contributed by atoms with Gasteiger partial charge >= 0.3 is 0 Å². The van der Waals surface area contributed by atoms with Gasteiger partial charge in [-0.05, 0) is 36.7 Å². The summed E-state index contributed by atoms with van der Waals surface area (Å²) in [6.45, 7) is 7.54. The van der Waals surface area contributed by atoms with Crippen LogP contribution in [0.5, 0.6) is 0 Å². The predicted molar refractivity (Wildman–Crippen MR) is 71.4 cm³/mol. The van der Waals surface area contributed by atoms with Crippen LogP contribution in [0.4, 0.5) is 0 Å². The number of nitrogens with zero attached hydrogens (tertiary/aromatic N) is 4. The Bertz CT molecular complexity index is 544. The Morgan fingerprint density at radius 1 is 1.35 bits per heavy atom. The van der Waals surface area contributed by atoms with Gasteiger partial charge in [-0.3, -0.25) is 9.36 Å². The average molecular weight is 318 g/mol. The highest BCUT2D eigenvalue weighted by Crippen LogP contribution is 2.23. The number of rotatable bonds is 3. The third-order valence-corrected chi connectivity index (χ3v) is 4.20. The summed E-state index contributed by atoms with van der Waals surface area (Å²) in [5.74, 6) is 0. The molecular weight excluding hydrogens is 304 g/mol. The fourth-order valence-electron chi connectivity index (χ4n) is 1.75. The largest absolute Gasteiger partial charge is 0.267 e. The van der Waals surface area contributed by atoms with E-state index in [1.54, 1.807) is 6.20 Å². The van der Waals surface area contributed by atoms with E-state index in [1.165, 1.54) is 0 Å². The maximum absolute atomic E-state index is 6.00. The van der Waals surface area contributed by atoms with Crippen molar-refractivity contribution in [3.05, 3.63) is 32.8 Å². The van der Waals surface area contributed by atoms with Crippen LogP contribution in [0, 0.1) is 13.8 Å². The molecule has 0 aliphatic carbocycles. The molecular formula is C11H14BrClN4. The molecule has 0 aliphatic rings. The normalized spacial score (nSPS) is 11.1. The second-order valence-electron chi connectivity index (χ2n) is 3.90. The molecule has 0 fully saturated rings. The van der Waals surface area contributed by atoms with Crippen LogP contribution in [0.1, 0.15) is 24.0 Å². The summed E-state index contributed by atoms with van der Waals surface area (Å²) in [5, 5.41) is 9.41. The van der Waals surface area contributed by atoms with Gasteiger partial charge in [0.25, 0.3) is 0 Å². The van der Waals surface area contributed by atoms with E-state index in [9.17, 15) is 0 Å². The Morgan fingerprint density at radius 3 is 2.59 bits per heavy atom. The minimum absolute atomic E-state index is 0.674. The van der Waals surface area contributed by atoms with Gasteiger partial charge in [-0.2, -0.15) is 10.2 Å². The third kappa shape index (κ3) is 2.26. The molecule has 6 heteroatoms. The van der Waals surface area contributed by atoms with Crippen molar-refractivity contribution < 1.29 is 0 Å². The van der Waals surface area contributed by atoms with Crippen LogP contribution in [0.15, 0.2) is 10.7 Å². The lowest BCUT2D eigenvalue weighted by molar-refractivity contribution is 0.567. The first-order valence-corrected chi connectivity index (χ1v) is 6.61. The molecule has 4 nitrogen and oxygen atoms in total. The molecule has 92 valence electrons. The van der Waals surface area contributed by atoms with Crippen molar-refractivity contribution in [1.29, 1.82) is 0 Å². The van der Waals surface area contributed by atoms with Crippen molar-refractivity contribution in [2.24, 2.45) is 0 Å². The second-order valence-corrected chi connectivity index (χ2v) is 5.10. The maximum Gasteiger partial charge on any atom is 0.0843 e. The molecule has 0 saturated carbocycles. The van der Waals surface area contributed by atoms with Crippen LogP contribution in [-0.4, -0.2) is 19.6 Å². The summed E-state index contributed by atoms with van der Waals surface area (Å²) in [7, 11) is 0. The van der Waals surface area contributed by atoms with Gasteiger partial charge < -0.3 is 0 Å². The van der Waals surface area contributed by atoms with E-state index in [4.69, 9.17) is 11.6 Å². The standard InChI is InChI=1S/C11H14BrClN4/c1-4-16-10(11(12)7(2)15-16)6-17-8(3)9(13)5-14-17/h5H,4,6H2,1-3H3. The quantitative estimate of drug-likeness (QED) is 0.871. The van der Waals surface area contributed by atoms with Gasteiger partial charge in [0, 0.05) is 6.54 Å². The van der Waals surface area contributed by atoms with Crippen molar-refractivity contribution in [3.8, 4) is 0 Å². The van der Waals surface area contributed by atoms with E-state index in [2.05, 4.69) is 33.1 Å². The molecule has 0 saturated heterocycles. The Morgan fingerprint density at radius 2 is 2.06 bits per heavy atom. The van der Waals surface area contributed by atoms with E-state index in [1.807, 2.05) is 23.2 Å². The van der Waals surface area contributed by atoms with Crippen LogP contribution in [-0.2, 0) is 13.1 Å². The van der Waals surface area contributed by atoms with Crippen LogP contribution < -0.4 is 0 Å². The fourth-order valence-corrected chi connectivity index (χ4v) is 2.30. The van der Waals surface area contributed by atoms with Crippen molar-refractivity contribution in [2.45, 2.75) is 33.9 Å². The Kier molecular flexibility index (Phi) is 3.58. The van der Waals surface area contributed by atoms with E-state index in [-0.39, 0.29) is 0 Å². The van der Waals surface area contributed by atoms with E-state index >= 15 is 0 Å². The zero-order valence-electron chi connectivity index (χ0n) is 10.0. The van der Waals surface area contributed by atoms with Crippen LogP contribution >= 0.6 is 27.5 Å². The van der Waals surface area contributed by atoms with Gasteiger partial charge in [0.1, 0.15) is 0 Å². The highest BCUT2D eigenvalue weighted by Gasteiger charge is 2.14. The highest BCUT2D eigenvalue weighted by atomic mass is 79.9. The zero-order chi connectivity index (χ0) is 12.6. The van der Waals surface area contributed by atoms with E-state index in [0.29, 0.717) is 11.6 Å². The van der Waals surface area contributed by atoms with Crippen molar-refractivity contribution >= 4 is 27.5 Å². The molecule has 2 aromatic heterocycles. The summed E-state index contributed by atoms with van der Waals surface area (Å²) in [5.41, 5.74) is 3.09. The molecule has 0 N–H and O–H groups in total. The molecule has 0 unspecified atom stereocenters. The van der Waals surface area contributed by atoms with Gasteiger partial charge in [0.15, 0.2) is 0 Å². The first-order chi connectivity index (χ1) is 8.04. The van der Waals surface area contributed by atoms with Crippen LogP contribution in [0.3, 0.4) is 0 Å². The van der Waals surface area contributed by atoms with Gasteiger partial charge in [0.2, 0.25) is 0 Å². The molecule has 0 bridgehead atoms. The number of hydrogen-bond acceptors (Lipinski definition) is 2. The number of aromatic nitrogens is 4. The monoisotopic (exact) mass is 316 g/mol. The maximum atomic E-state index is 6.00. The third-order valence-electron chi connectivity index (χ3n) is 2.80. The summed E-state index contributed by atoms with van der Waals surface area (Å²) in [4.78, 5) is 0. The van der Waals surface area contributed by atoms with E-state index < -0.39 is 0 Å². The minimum Gasteiger partial charge on any atom is -0.267 e. The number of hydrogen-bond donors (Lipinski definition) is 0. The first kappa shape index (κ1) is 12.6. The summed E-state index contributed by atoms with van der Waals surface area (Å²) in [6, 6.07) is 0. The summed E-state index contributed by atoms with van der Waals surface area (Å²) < 4.78 is 4.91. The van der Waals surface area contributed by atoms with Gasteiger partial charge in [-0.15, -0.1) is 0 Å².